The highest BCUT2D eigenvalue weighted by Crippen LogP contribution is 1.99. The summed E-state index contributed by atoms with van der Waals surface area (Å²) in [6.07, 6.45) is 1.62. The summed E-state index contributed by atoms with van der Waals surface area (Å²) in [6, 6.07) is 0. The molecule has 5 heteroatoms. The van der Waals surface area contributed by atoms with Crippen LogP contribution < -0.4 is 5.32 Å². The van der Waals surface area contributed by atoms with Crippen LogP contribution in [0.3, 0.4) is 0 Å². The van der Waals surface area contributed by atoms with Gasteiger partial charge in [-0.2, -0.15) is 0 Å². The molecule has 1 N–H and O–H groups in total. The van der Waals surface area contributed by atoms with E-state index >= 15 is 0 Å². The molecule has 16 heavy (non-hydrogen) atoms. The molecule has 0 heterocycles. The van der Waals surface area contributed by atoms with Crippen molar-refractivity contribution in [2.75, 3.05) is 33.8 Å². The first-order valence-electron chi connectivity index (χ1n) is 5.15. The minimum atomic E-state index is -0.265. The van der Waals surface area contributed by atoms with E-state index < -0.39 is 0 Å². The van der Waals surface area contributed by atoms with Crippen LogP contribution in [0.4, 0.5) is 0 Å². The van der Waals surface area contributed by atoms with Crippen molar-refractivity contribution in [1.29, 1.82) is 0 Å². The fourth-order valence-electron chi connectivity index (χ4n) is 1.29. The van der Waals surface area contributed by atoms with Crippen molar-refractivity contribution in [3.8, 4) is 0 Å². The normalized spacial score (nSPS) is 12.0. The molecule has 0 radical (unpaired) electrons. The van der Waals surface area contributed by atoms with Crippen molar-refractivity contribution in [2.24, 2.45) is 5.92 Å². The van der Waals surface area contributed by atoms with E-state index in [0.717, 1.165) is 0 Å². The second-order valence-corrected chi connectivity index (χ2v) is 3.71. The number of likely N-dealkylation sites (N-methyl/N-ethyl adjacent to an activating group) is 1. The molecule has 0 rings (SSSR count). The molecular formula is C11H20N2O3. The maximum Gasteiger partial charge on any atom is 0.309 e. The van der Waals surface area contributed by atoms with Gasteiger partial charge in [-0.15, -0.1) is 6.58 Å². The lowest BCUT2D eigenvalue weighted by molar-refractivity contribution is -0.145. The van der Waals surface area contributed by atoms with Gasteiger partial charge in [-0.05, 0) is 7.05 Å². The molecule has 1 amide bonds. The lowest BCUT2D eigenvalue weighted by Crippen LogP contribution is -2.38. The van der Waals surface area contributed by atoms with Gasteiger partial charge in [-0.3, -0.25) is 14.5 Å². The number of nitrogens with zero attached hydrogens (tertiary/aromatic N) is 1. The van der Waals surface area contributed by atoms with E-state index in [1.807, 2.05) is 0 Å². The molecule has 0 aliphatic heterocycles. The van der Waals surface area contributed by atoms with E-state index in [4.69, 9.17) is 0 Å². The highest BCUT2D eigenvalue weighted by atomic mass is 16.5. The van der Waals surface area contributed by atoms with Crippen LogP contribution in [0.1, 0.15) is 6.92 Å². The van der Waals surface area contributed by atoms with E-state index in [1.165, 1.54) is 7.11 Å². The third kappa shape index (κ3) is 6.19. The van der Waals surface area contributed by atoms with Crippen molar-refractivity contribution in [1.82, 2.24) is 10.2 Å². The van der Waals surface area contributed by atoms with Crippen molar-refractivity contribution in [3.05, 3.63) is 12.7 Å². The molecule has 0 aliphatic carbocycles. The van der Waals surface area contributed by atoms with Gasteiger partial charge in [0.2, 0.25) is 5.91 Å². The molecule has 92 valence electrons. The summed E-state index contributed by atoms with van der Waals surface area (Å²) in [7, 11) is 3.14. The fourth-order valence-corrected chi connectivity index (χ4v) is 1.29. The predicted octanol–water partition coefficient (Wildman–Crippen LogP) is 0.0295. The number of esters is 1. The Kier molecular flexibility index (Phi) is 7.20. The summed E-state index contributed by atoms with van der Waals surface area (Å²) in [5, 5.41) is 2.66. The molecule has 0 aromatic rings. The lowest BCUT2D eigenvalue weighted by atomic mass is 10.2. The van der Waals surface area contributed by atoms with Gasteiger partial charge < -0.3 is 10.1 Å². The van der Waals surface area contributed by atoms with Gasteiger partial charge in [-0.25, -0.2) is 0 Å². The van der Waals surface area contributed by atoms with Crippen LogP contribution in [-0.2, 0) is 14.3 Å². The van der Waals surface area contributed by atoms with Crippen LogP contribution in [0.25, 0.3) is 0 Å². The number of methoxy groups -OCH3 is 1. The summed E-state index contributed by atoms with van der Waals surface area (Å²) in [5.74, 6) is -0.583. The number of hydrogen-bond acceptors (Lipinski definition) is 4. The summed E-state index contributed by atoms with van der Waals surface area (Å²) in [6.45, 7) is 6.48. The Morgan fingerprint density at radius 1 is 1.56 bits per heavy atom. The van der Waals surface area contributed by atoms with E-state index in [-0.39, 0.29) is 24.3 Å². The zero-order valence-corrected chi connectivity index (χ0v) is 10.2. The highest BCUT2D eigenvalue weighted by molar-refractivity contribution is 5.78. The number of carbonyl (C=O) groups is 2. The monoisotopic (exact) mass is 228 g/mol. The zero-order valence-electron chi connectivity index (χ0n) is 10.2. The number of carbonyl (C=O) groups excluding carboxylic acids is 2. The van der Waals surface area contributed by atoms with Crippen LogP contribution in [-0.4, -0.2) is 50.6 Å². The molecule has 0 fully saturated rings. The smallest absolute Gasteiger partial charge is 0.309 e. The summed E-state index contributed by atoms with van der Waals surface area (Å²) < 4.78 is 4.60. The average Bonchev–Trinajstić information content (AvgIpc) is 2.24. The topological polar surface area (TPSA) is 58.6 Å². The van der Waals surface area contributed by atoms with Gasteiger partial charge in [-0.1, -0.05) is 13.0 Å². The highest BCUT2D eigenvalue weighted by Gasteiger charge is 2.16. The average molecular weight is 228 g/mol. The van der Waals surface area contributed by atoms with E-state index in [0.29, 0.717) is 13.1 Å². The van der Waals surface area contributed by atoms with Crippen molar-refractivity contribution in [3.63, 3.8) is 0 Å². The molecule has 0 aromatic heterocycles. The Hall–Kier alpha value is -1.36. The van der Waals surface area contributed by atoms with Crippen LogP contribution >= 0.6 is 0 Å². The molecular weight excluding hydrogens is 208 g/mol. The molecule has 1 atom stereocenters. The molecule has 0 aliphatic rings. The van der Waals surface area contributed by atoms with Gasteiger partial charge in [0.1, 0.15) is 0 Å². The first-order valence-corrected chi connectivity index (χ1v) is 5.15. The first kappa shape index (κ1) is 14.6. The Bertz CT molecular complexity index is 254. The van der Waals surface area contributed by atoms with Crippen molar-refractivity contribution < 1.29 is 14.3 Å². The molecule has 5 nitrogen and oxygen atoms in total. The van der Waals surface area contributed by atoms with E-state index in [9.17, 15) is 9.59 Å². The summed E-state index contributed by atoms with van der Waals surface area (Å²) in [4.78, 5) is 24.2. The summed E-state index contributed by atoms with van der Waals surface area (Å²) >= 11 is 0. The summed E-state index contributed by atoms with van der Waals surface area (Å²) in [5.41, 5.74) is 0. The number of rotatable bonds is 7. The second kappa shape index (κ2) is 7.87. The molecule has 0 bridgehead atoms. The molecule has 0 spiro atoms. The van der Waals surface area contributed by atoms with Crippen LogP contribution in [0, 0.1) is 5.92 Å². The number of nitrogens with one attached hydrogen (secondary N) is 1. The third-order valence-electron chi connectivity index (χ3n) is 2.05. The third-order valence-corrected chi connectivity index (χ3v) is 2.05. The van der Waals surface area contributed by atoms with Crippen molar-refractivity contribution in [2.45, 2.75) is 6.92 Å². The predicted molar refractivity (Wildman–Crippen MR) is 61.9 cm³/mol. The largest absolute Gasteiger partial charge is 0.469 e. The quantitative estimate of drug-likeness (QED) is 0.493. The fraction of sp³-hybridized carbons (Fsp3) is 0.636. The Morgan fingerprint density at radius 3 is 2.69 bits per heavy atom. The number of ether oxygens (including phenoxy) is 1. The van der Waals surface area contributed by atoms with Gasteiger partial charge in [0.25, 0.3) is 0 Å². The van der Waals surface area contributed by atoms with Crippen LogP contribution in [0.2, 0.25) is 0 Å². The van der Waals surface area contributed by atoms with Gasteiger partial charge in [0.05, 0.1) is 19.6 Å². The standard InChI is InChI=1S/C11H20N2O3/c1-5-6-12-10(14)8-13(3)7-9(2)11(15)16-4/h5,9H,1,6-8H2,2-4H3,(H,12,14). The van der Waals surface area contributed by atoms with Crippen molar-refractivity contribution >= 4 is 11.9 Å². The maximum atomic E-state index is 11.3. The minimum Gasteiger partial charge on any atom is -0.469 e. The number of hydrogen-bond donors (Lipinski definition) is 1. The van der Waals surface area contributed by atoms with E-state index in [1.54, 1.807) is 24.9 Å². The van der Waals surface area contributed by atoms with Gasteiger partial charge in [0.15, 0.2) is 0 Å². The zero-order chi connectivity index (χ0) is 12.6. The Labute approximate surface area is 96.4 Å². The van der Waals surface area contributed by atoms with E-state index in [2.05, 4.69) is 16.6 Å². The number of amides is 1. The van der Waals surface area contributed by atoms with Crippen LogP contribution in [0.15, 0.2) is 12.7 Å². The SMILES string of the molecule is C=CCNC(=O)CN(C)CC(C)C(=O)OC. The van der Waals surface area contributed by atoms with Gasteiger partial charge >= 0.3 is 5.97 Å². The lowest BCUT2D eigenvalue weighted by Gasteiger charge is -2.19. The minimum absolute atomic E-state index is 0.0838. The molecule has 0 saturated heterocycles. The Balaban J connectivity index is 3.88. The maximum absolute atomic E-state index is 11.3. The first-order chi connectivity index (χ1) is 7.51. The van der Waals surface area contributed by atoms with Gasteiger partial charge in [0, 0.05) is 13.1 Å². The van der Waals surface area contributed by atoms with Crippen LogP contribution in [0.5, 0.6) is 0 Å². The molecule has 0 aromatic carbocycles. The molecule has 0 saturated carbocycles. The second-order valence-electron chi connectivity index (χ2n) is 3.71. The Morgan fingerprint density at radius 2 is 2.19 bits per heavy atom. The molecule has 1 unspecified atom stereocenters.